The van der Waals surface area contributed by atoms with Crippen LogP contribution in [-0.2, 0) is 19.5 Å². The molecule has 0 spiro atoms. The van der Waals surface area contributed by atoms with E-state index in [2.05, 4.69) is 0 Å². The smallest absolute Gasteiger partial charge is 0.338 e. The lowest BCUT2D eigenvalue weighted by molar-refractivity contribution is -0.0440. The minimum Gasteiger partial charge on any atom is -0.497 e. The van der Waals surface area contributed by atoms with Gasteiger partial charge in [-0.1, -0.05) is 6.07 Å². The predicted octanol–water partition coefficient (Wildman–Crippen LogP) is 2.54. The molecule has 178 valence electrons. The van der Waals surface area contributed by atoms with Gasteiger partial charge in [-0.25, -0.2) is 13.2 Å². The van der Waals surface area contributed by atoms with Crippen LogP contribution in [0.5, 0.6) is 11.5 Å². The molecule has 1 aliphatic rings. The van der Waals surface area contributed by atoms with Crippen molar-refractivity contribution < 1.29 is 37.0 Å². The van der Waals surface area contributed by atoms with Crippen molar-refractivity contribution in [2.75, 3.05) is 33.9 Å². The molecule has 2 atom stereocenters. The molecule has 2 aromatic carbocycles. The quantitative estimate of drug-likeness (QED) is 0.422. The summed E-state index contributed by atoms with van der Waals surface area (Å²) < 4.78 is 48.6. The Kier molecular flexibility index (Phi) is 7.72. The SMILES string of the molecule is COc1ccc(OC)c(C(=O)COC(=O)c2cccc(S(=O)(=O)N3CC(C)OC(C)C3)c2)c1. The highest BCUT2D eigenvalue weighted by Gasteiger charge is 2.32. The number of esters is 1. The number of carbonyl (C=O) groups excluding carboxylic acids is 2. The number of nitrogens with zero attached hydrogens (tertiary/aromatic N) is 1. The fourth-order valence-electron chi connectivity index (χ4n) is 3.58. The van der Waals surface area contributed by atoms with Crippen LogP contribution in [0.15, 0.2) is 47.4 Å². The zero-order chi connectivity index (χ0) is 24.2. The van der Waals surface area contributed by atoms with E-state index in [4.69, 9.17) is 18.9 Å². The monoisotopic (exact) mass is 477 g/mol. The number of Topliss-reactive ketones (excluding diaryl/α,β-unsaturated/α-hetero) is 1. The summed E-state index contributed by atoms with van der Waals surface area (Å²) >= 11 is 0. The Labute approximate surface area is 193 Å². The van der Waals surface area contributed by atoms with Crippen molar-refractivity contribution >= 4 is 21.8 Å². The standard InChI is InChI=1S/C23H27NO8S/c1-15-12-24(13-16(2)32-15)33(27,28)19-7-5-6-17(10-19)23(26)31-14-21(25)20-11-18(29-3)8-9-22(20)30-4/h5-11,15-16H,12-14H2,1-4H3. The third kappa shape index (κ3) is 5.70. The molecule has 1 aliphatic heterocycles. The first-order valence-electron chi connectivity index (χ1n) is 10.3. The fourth-order valence-corrected chi connectivity index (χ4v) is 5.22. The van der Waals surface area contributed by atoms with Crippen molar-refractivity contribution in [3.8, 4) is 11.5 Å². The summed E-state index contributed by atoms with van der Waals surface area (Å²) in [6, 6.07) is 10.3. The van der Waals surface area contributed by atoms with Crippen LogP contribution in [-0.4, -0.2) is 70.6 Å². The molecule has 2 aromatic rings. The second kappa shape index (κ2) is 10.3. The molecule has 3 rings (SSSR count). The van der Waals surface area contributed by atoms with E-state index in [0.717, 1.165) is 0 Å². The van der Waals surface area contributed by atoms with Crippen molar-refractivity contribution in [1.29, 1.82) is 0 Å². The topological polar surface area (TPSA) is 108 Å². The van der Waals surface area contributed by atoms with Gasteiger partial charge in [-0.15, -0.1) is 0 Å². The van der Waals surface area contributed by atoms with Gasteiger partial charge in [-0.3, -0.25) is 4.79 Å². The number of ketones is 1. The van der Waals surface area contributed by atoms with E-state index in [1.54, 1.807) is 26.0 Å². The first-order chi connectivity index (χ1) is 15.6. The van der Waals surface area contributed by atoms with Gasteiger partial charge in [0.05, 0.1) is 42.4 Å². The van der Waals surface area contributed by atoms with E-state index in [1.807, 2.05) is 0 Å². The third-order valence-electron chi connectivity index (χ3n) is 5.14. The summed E-state index contributed by atoms with van der Waals surface area (Å²) in [6.07, 6.45) is -0.479. The Morgan fingerprint density at radius 2 is 1.73 bits per heavy atom. The van der Waals surface area contributed by atoms with Crippen molar-refractivity contribution in [1.82, 2.24) is 4.31 Å². The van der Waals surface area contributed by atoms with Crippen molar-refractivity contribution in [3.05, 3.63) is 53.6 Å². The number of hydrogen-bond donors (Lipinski definition) is 0. The molecule has 10 heteroatoms. The van der Waals surface area contributed by atoms with Gasteiger partial charge < -0.3 is 18.9 Å². The van der Waals surface area contributed by atoms with E-state index >= 15 is 0 Å². The largest absolute Gasteiger partial charge is 0.497 e. The normalized spacial score (nSPS) is 19.0. The van der Waals surface area contributed by atoms with Crippen molar-refractivity contribution in [2.45, 2.75) is 31.0 Å². The fraction of sp³-hybridized carbons (Fsp3) is 0.391. The van der Waals surface area contributed by atoms with Gasteiger partial charge in [0.15, 0.2) is 6.61 Å². The molecular weight excluding hydrogens is 450 g/mol. The van der Waals surface area contributed by atoms with Crippen LogP contribution in [0.1, 0.15) is 34.6 Å². The van der Waals surface area contributed by atoms with Crippen LogP contribution in [0.3, 0.4) is 0 Å². The Morgan fingerprint density at radius 1 is 1.03 bits per heavy atom. The van der Waals surface area contributed by atoms with Crippen LogP contribution in [0, 0.1) is 0 Å². The highest BCUT2D eigenvalue weighted by Crippen LogP contribution is 2.25. The van der Waals surface area contributed by atoms with Gasteiger partial charge >= 0.3 is 5.97 Å². The number of carbonyl (C=O) groups is 2. The van der Waals surface area contributed by atoms with E-state index < -0.39 is 28.4 Å². The maximum atomic E-state index is 13.1. The molecule has 0 aliphatic carbocycles. The number of benzene rings is 2. The first-order valence-corrected chi connectivity index (χ1v) is 11.8. The Balaban J connectivity index is 1.73. The van der Waals surface area contributed by atoms with Crippen LogP contribution in [0.25, 0.3) is 0 Å². The van der Waals surface area contributed by atoms with Crippen LogP contribution >= 0.6 is 0 Å². The van der Waals surface area contributed by atoms with Crippen LogP contribution < -0.4 is 9.47 Å². The average Bonchev–Trinajstić information content (AvgIpc) is 2.81. The number of morpholine rings is 1. The molecule has 9 nitrogen and oxygen atoms in total. The maximum absolute atomic E-state index is 13.1. The second-order valence-electron chi connectivity index (χ2n) is 7.67. The summed E-state index contributed by atoms with van der Waals surface area (Å²) in [6.45, 7) is 3.51. The van der Waals surface area contributed by atoms with Crippen molar-refractivity contribution in [2.24, 2.45) is 0 Å². The number of hydrogen-bond acceptors (Lipinski definition) is 8. The maximum Gasteiger partial charge on any atom is 0.338 e. The van der Waals surface area contributed by atoms with Crippen molar-refractivity contribution in [3.63, 3.8) is 0 Å². The molecule has 0 saturated carbocycles. The first kappa shape index (κ1) is 24.7. The molecule has 1 fully saturated rings. The number of ether oxygens (including phenoxy) is 4. The highest BCUT2D eigenvalue weighted by molar-refractivity contribution is 7.89. The summed E-state index contributed by atoms with van der Waals surface area (Å²) in [5, 5.41) is 0. The van der Waals surface area contributed by atoms with Gasteiger partial charge in [-0.05, 0) is 50.2 Å². The Bertz CT molecular complexity index is 1120. The Morgan fingerprint density at radius 3 is 2.36 bits per heavy atom. The van der Waals surface area contributed by atoms with Crippen LogP contribution in [0.4, 0.5) is 0 Å². The van der Waals surface area contributed by atoms with Gasteiger partial charge in [0.2, 0.25) is 15.8 Å². The molecule has 1 heterocycles. The minimum absolute atomic E-state index is 0.0239. The zero-order valence-corrected chi connectivity index (χ0v) is 19.8. The van der Waals surface area contributed by atoms with Gasteiger partial charge in [0.1, 0.15) is 11.5 Å². The average molecular weight is 478 g/mol. The molecule has 0 aromatic heterocycles. The van der Waals surface area contributed by atoms with Gasteiger partial charge in [-0.2, -0.15) is 4.31 Å². The lowest BCUT2D eigenvalue weighted by Gasteiger charge is -2.34. The molecular formula is C23H27NO8S. The molecule has 0 bridgehead atoms. The Hall–Kier alpha value is -2.95. The van der Waals surface area contributed by atoms with E-state index in [0.29, 0.717) is 11.5 Å². The second-order valence-corrected chi connectivity index (χ2v) is 9.61. The van der Waals surface area contributed by atoms with E-state index in [-0.39, 0.29) is 41.3 Å². The highest BCUT2D eigenvalue weighted by atomic mass is 32.2. The summed E-state index contributed by atoms with van der Waals surface area (Å²) in [4.78, 5) is 25.1. The molecule has 0 N–H and O–H groups in total. The van der Waals surface area contributed by atoms with E-state index in [9.17, 15) is 18.0 Å². The van der Waals surface area contributed by atoms with Gasteiger partial charge in [0, 0.05) is 13.1 Å². The zero-order valence-electron chi connectivity index (χ0n) is 18.9. The molecule has 0 radical (unpaired) electrons. The predicted molar refractivity (Wildman–Crippen MR) is 119 cm³/mol. The minimum atomic E-state index is -3.83. The lowest BCUT2D eigenvalue weighted by atomic mass is 10.1. The molecule has 2 unspecified atom stereocenters. The van der Waals surface area contributed by atoms with Gasteiger partial charge in [0.25, 0.3) is 0 Å². The number of rotatable bonds is 8. The third-order valence-corrected chi connectivity index (χ3v) is 6.96. The van der Waals surface area contributed by atoms with E-state index in [1.165, 1.54) is 48.9 Å². The summed E-state index contributed by atoms with van der Waals surface area (Å²) in [7, 11) is -0.936. The summed E-state index contributed by atoms with van der Waals surface area (Å²) in [5.74, 6) is -0.529. The molecule has 33 heavy (non-hydrogen) atoms. The lowest BCUT2D eigenvalue weighted by Crippen LogP contribution is -2.48. The summed E-state index contributed by atoms with van der Waals surface area (Å²) in [5.41, 5.74) is 0.229. The molecule has 0 amide bonds. The molecule has 1 saturated heterocycles. The van der Waals surface area contributed by atoms with Crippen LogP contribution in [0.2, 0.25) is 0 Å². The number of sulfonamides is 1. The number of methoxy groups -OCH3 is 2.